The second-order valence-electron chi connectivity index (χ2n) is 5.92. The topological polar surface area (TPSA) is 105 Å². The van der Waals surface area contributed by atoms with E-state index in [-0.39, 0.29) is 16.3 Å². The Kier molecular flexibility index (Phi) is 5.98. The van der Waals surface area contributed by atoms with E-state index in [4.69, 9.17) is 11.6 Å². The molecule has 0 aromatic heterocycles. The molecule has 1 aromatic carbocycles. The maximum Gasteiger partial charge on any atom is 0.407 e. The zero-order valence-electron chi connectivity index (χ0n) is 13.3. The van der Waals surface area contributed by atoms with Gasteiger partial charge in [-0.05, 0) is 23.6 Å². The number of carbonyl (C=O) groups is 3. The number of amides is 2. The largest absolute Gasteiger partial charge is 0.478 e. The van der Waals surface area contributed by atoms with Gasteiger partial charge in [0, 0.05) is 5.02 Å². The van der Waals surface area contributed by atoms with Crippen molar-refractivity contribution in [3.05, 3.63) is 28.8 Å². The highest BCUT2D eigenvalue weighted by atomic mass is 35.5. The van der Waals surface area contributed by atoms with Crippen LogP contribution >= 0.6 is 11.6 Å². The summed E-state index contributed by atoms with van der Waals surface area (Å²) in [6.07, 6.45) is -0.755. The van der Waals surface area contributed by atoms with Crippen molar-refractivity contribution in [2.75, 3.05) is 12.4 Å². The van der Waals surface area contributed by atoms with Gasteiger partial charge in [-0.1, -0.05) is 32.4 Å². The van der Waals surface area contributed by atoms with Gasteiger partial charge in [0.05, 0.1) is 18.4 Å². The van der Waals surface area contributed by atoms with Gasteiger partial charge >= 0.3 is 12.1 Å². The van der Waals surface area contributed by atoms with Crippen LogP contribution in [0.2, 0.25) is 5.02 Å². The molecule has 7 nitrogen and oxygen atoms in total. The Labute approximate surface area is 139 Å². The number of aromatic carboxylic acids is 1. The van der Waals surface area contributed by atoms with Crippen LogP contribution in [0.3, 0.4) is 0 Å². The molecule has 3 N–H and O–H groups in total. The second-order valence-corrected chi connectivity index (χ2v) is 6.36. The fraction of sp³-hybridized carbons (Fsp3) is 0.400. The minimum absolute atomic E-state index is 0.0906. The summed E-state index contributed by atoms with van der Waals surface area (Å²) in [5.74, 6) is -1.79. The van der Waals surface area contributed by atoms with Crippen molar-refractivity contribution >= 4 is 35.3 Å². The molecule has 0 aliphatic carbocycles. The number of carboxylic acid groups (broad SMARTS) is 1. The van der Waals surface area contributed by atoms with E-state index in [2.05, 4.69) is 15.4 Å². The van der Waals surface area contributed by atoms with Crippen molar-refractivity contribution in [2.45, 2.75) is 26.8 Å². The molecule has 0 bridgehead atoms. The van der Waals surface area contributed by atoms with Crippen molar-refractivity contribution in [2.24, 2.45) is 5.41 Å². The van der Waals surface area contributed by atoms with Crippen molar-refractivity contribution in [3.8, 4) is 0 Å². The highest BCUT2D eigenvalue weighted by Crippen LogP contribution is 2.24. The molecule has 1 aromatic rings. The summed E-state index contributed by atoms with van der Waals surface area (Å²) in [4.78, 5) is 35.1. The standard InChI is InChI=1S/C15H19ClN2O5/c1-15(2,3)11(18-14(22)23-4)12(19)17-10-6-5-8(16)7-9(10)13(20)21/h5-7,11H,1-4H3,(H,17,19)(H,18,22)(H,20,21)/t11-/m1/s1. The van der Waals surface area contributed by atoms with Crippen molar-refractivity contribution in [1.29, 1.82) is 0 Å². The van der Waals surface area contributed by atoms with Gasteiger partial charge in [0.2, 0.25) is 5.91 Å². The van der Waals surface area contributed by atoms with Gasteiger partial charge in [0.15, 0.2) is 0 Å². The van der Waals surface area contributed by atoms with Crippen molar-refractivity contribution in [1.82, 2.24) is 5.32 Å². The highest BCUT2D eigenvalue weighted by Gasteiger charge is 2.33. The van der Waals surface area contributed by atoms with E-state index in [1.807, 2.05) is 0 Å². The maximum atomic E-state index is 12.5. The van der Waals surface area contributed by atoms with Crippen molar-refractivity contribution < 1.29 is 24.2 Å². The third-order valence-electron chi connectivity index (χ3n) is 3.05. The molecule has 0 heterocycles. The normalized spacial score (nSPS) is 12.2. The van der Waals surface area contributed by atoms with Crippen LogP contribution in [0, 0.1) is 5.41 Å². The van der Waals surface area contributed by atoms with Gasteiger partial charge in [-0.25, -0.2) is 9.59 Å². The Morgan fingerprint density at radius 1 is 1.26 bits per heavy atom. The number of benzene rings is 1. The predicted molar refractivity (Wildman–Crippen MR) is 85.8 cm³/mol. The molecule has 0 fully saturated rings. The molecule has 0 saturated carbocycles. The van der Waals surface area contributed by atoms with Crippen LogP contribution in [0.4, 0.5) is 10.5 Å². The lowest BCUT2D eigenvalue weighted by molar-refractivity contribution is -0.120. The van der Waals surface area contributed by atoms with Crippen LogP contribution in [-0.4, -0.2) is 36.2 Å². The Morgan fingerprint density at radius 2 is 1.87 bits per heavy atom. The van der Waals surface area contributed by atoms with E-state index >= 15 is 0 Å². The molecule has 0 aliphatic rings. The van der Waals surface area contributed by atoms with Gasteiger partial charge in [-0.15, -0.1) is 0 Å². The average Bonchev–Trinajstić information content (AvgIpc) is 2.44. The van der Waals surface area contributed by atoms with Crippen LogP contribution in [-0.2, 0) is 9.53 Å². The van der Waals surface area contributed by atoms with E-state index in [1.165, 1.54) is 25.3 Å². The van der Waals surface area contributed by atoms with Crippen LogP contribution in [0.1, 0.15) is 31.1 Å². The molecule has 2 amide bonds. The quantitative estimate of drug-likeness (QED) is 0.780. The van der Waals surface area contributed by atoms with E-state index in [1.54, 1.807) is 20.8 Å². The summed E-state index contributed by atoms with van der Waals surface area (Å²) in [5, 5.41) is 14.4. The minimum atomic E-state index is -1.23. The summed E-state index contributed by atoms with van der Waals surface area (Å²) in [7, 11) is 1.19. The number of halogens is 1. The first-order valence-electron chi connectivity index (χ1n) is 6.74. The van der Waals surface area contributed by atoms with E-state index in [9.17, 15) is 19.5 Å². The van der Waals surface area contributed by atoms with Crippen LogP contribution in [0.15, 0.2) is 18.2 Å². The first-order valence-corrected chi connectivity index (χ1v) is 7.12. The summed E-state index contributed by atoms with van der Waals surface area (Å²) >= 11 is 5.77. The van der Waals surface area contributed by atoms with Gasteiger partial charge in [-0.2, -0.15) is 0 Å². The van der Waals surface area contributed by atoms with Crippen LogP contribution < -0.4 is 10.6 Å². The Morgan fingerprint density at radius 3 is 2.35 bits per heavy atom. The molecule has 0 saturated heterocycles. The summed E-state index contributed by atoms with van der Waals surface area (Å²) < 4.78 is 4.51. The minimum Gasteiger partial charge on any atom is -0.478 e. The Bertz CT molecular complexity index is 625. The molecule has 0 radical (unpaired) electrons. The van der Waals surface area contributed by atoms with Gasteiger partial charge in [0.25, 0.3) is 0 Å². The Hall–Kier alpha value is -2.28. The number of methoxy groups -OCH3 is 1. The van der Waals surface area contributed by atoms with Gasteiger partial charge in [-0.3, -0.25) is 4.79 Å². The molecule has 8 heteroatoms. The maximum absolute atomic E-state index is 12.5. The monoisotopic (exact) mass is 342 g/mol. The molecule has 0 spiro atoms. The smallest absolute Gasteiger partial charge is 0.407 e. The molecule has 126 valence electrons. The molecular formula is C15H19ClN2O5. The number of carbonyl (C=O) groups excluding carboxylic acids is 2. The fourth-order valence-corrected chi connectivity index (χ4v) is 2.03. The lowest BCUT2D eigenvalue weighted by Gasteiger charge is -2.29. The number of ether oxygens (including phenoxy) is 1. The molecule has 23 heavy (non-hydrogen) atoms. The van der Waals surface area contributed by atoms with E-state index in [0.717, 1.165) is 0 Å². The van der Waals surface area contributed by atoms with Gasteiger partial charge in [0.1, 0.15) is 6.04 Å². The molecule has 0 aliphatic heterocycles. The molecular weight excluding hydrogens is 324 g/mol. The molecule has 0 unspecified atom stereocenters. The Balaban J connectivity index is 3.08. The van der Waals surface area contributed by atoms with E-state index < -0.39 is 29.4 Å². The van der Waals surface area contributed by atoms with Crippen molar-refractivity contribution in [3.63, 3.8) is 0 Å². The van der Waals surface area contributed by atoms with E-state index in [0.29, 0.717) is 0 Å². The summed E-state index contributed by atoms with van der Waals surface area (Å²) in [6, 6.07) is 3.16. The number of hydrogen-bond acceptors (Lipinski definition) is 4. The fourth-order valence-electron chi connectivity index (χ4n) is 1.86. The van der Waals surface area contributed by atoms with Gasteiger partial charge < -0.3 is 20.5 Å². The lowest BCUT2D eigenvalue weighted by atomic mass is 9.86. The number of alkyl carbamates (subject to hydrolysis) is 1. The highest BCUT2D eigenvalue weighted by molar-refractivity contribution is 6.31. The number of rotatable bonds is 4. The molecule has 1 atom stereocenters. The number of carboxylic acids is 1. The summed E-state index contributed by atoms with van der Waals surface area (Å²) in [6.45, 7) is 5.27. The molecule has 1 rings (SSSR count). The number of anilines is 1. The lowest BCUT2D eigenvalue weighted by Crippen LogP contribution is -2.51. The first kappa shape index (κ1) is 18.8. The van der Waals surface area contributed by atoms with Crippen LogP contribution in [0.5, 0.6) is 0 Å². The second kappa shape index (κ2) is 7.32. The SMILES string of the molecule is COC(=O)N[C@H](C(=O)Nc1ccc(Cl)cc1C(=O)O)C(C)(C)C. The van der Waals surface area contributed by atoms with Crippen LogP contribution in [0.25, 0.3) is 0 Å². The zero-order valence-corrected chi connectivity index (χ0v) is 14.0. The number of hydrogen-bond donors (Lipinski definition) is 3. The first-order chi connectivity index (χ1) is 10.6. The third-order valence-corrected chi connectivity index (χ3v) is 3.28. The average molecular weight is 343 g/mol. The summed E-state index contributed by atoms with van der Waals surface area (Å²) in [5.41, 5.74) is -0.668. The predicted octanol–water partition coefficient (Wildman–Crippen LogP) is 2.75. The third kappa shape index (κ3) is 5.14. The number of nitrogens with one attached hydrogen (secondary N) is 2. The zero-order chi connectivity index (χ0) is 17.8.